The zero-order valence-corrected chi connectivity index (χ0v) is 9.06. The monoisotopic (exact) mass is 205 g/mol. The van der Waals surface area contributed by atoms with Crippen molar-refractivity contribution in [2.45, 2.75) is 51.2 Å². The summed E-state index contributed by atoms with van der Waals surface area (Å²) in [7, 11) is 0. The third kappa shape index (κ3) is 3.37. The van der Waals surface area contributed by atoms with E-state index in [1.807, 2.05) is 13.8 Å². The van der Waals surface area contributed by atoms with Crippen LogP contribution < -0.4 is 0 Å². The van der Waals surface area contributed by atoms with E-state index in [2.05, 4.69) is 0 Å². The van der Waals surface area contributed by atoms with Crippen molar-refractivity contribution in [1.29, 1.82) is 0 Å². The summed E-state index contributed by atoms with van der Waals surface area (Å²) in [6.07, 6.45) is 4.06. The van der Waals surface area contributed by atoms with Gasteiger partial charge in [-0.25, -0.2) is 0 Å². The summed E-state index contributed by atoms with van der Waals surface area (Å²) in [5.41, 5.74) is -0.374. The molecule has 0 saturated heterocycles. The molecule has 78 valence electrons. The van der Waals surface area contributed by atoms with Gasteiger partial charge in [0, 0.05) is 5.75 Å². The minimum atomic E-state index is -1.99. The molecule has 0 aromatic heterocycles. The van der Waals surface area contributed by atoms with E-state index >= 15 is 0 Å². The van der Waals surface area contributed by atoms with Gasteiger partial charge in [-0.2, -0.15) is 0 Å². The number of rotatable bonds is 4. The average Bonchev–Trinajstić information content (AvgIpc) is 2.33. The van der Waals surface area contributed by atoms with E-state index in [9.17, 15) is 8.76 Å². The molecule has 13 heavy (non-hydrogen) atoms. The summed E-state index contributed by atoms with van der Waals surface area (Å²) in [6.45, 7) is 3.90. The number of ether oxygens (including phenoxy) is 1. The van der Waals surface area contributed by atoms with E-state index in [0.29, 0.717) is 0 Å². The maximum absolute atomic E-state index is 10.7. The van der Waals surface area contributed by atoms with Gasteiger partial charge in [-0.3, -0.25) is 4.21 Å². The Morgan fingerprint density at radius 1 is 1.46 bits per heavy atom. The third-order valence-electron chi connectivity index (χ3n) is 2.38. The predicted octanol–water partition coefficient (Wildman–Crippen LogP) is 1.60. The van der Waals surface area contributed by atoms with Gasteiger partial charge in [-0.1, -0.05) is 23.9 Å². The highest BCUT2D eigenvalue weighted by atomic mass is 32.2. The van der Waals surface area contributed by atoms with Crippen molar-refractivity contribution in [3.63, 3.8) is 0 Å². The lowest BCUT2D eigenvalue weighted by atomic mass is 10.1. The Balaban J connectivity index is 2.57. The summed E-state index contributed by atoms with van der Waals surface area (Å²) in [5, 5.41) is 0. The second kappa shape index (κ2) is 4.53. The average molecular weight is 205 g/mol. The normalized spacial score (nSPS) is 23.7. The number of hydrogen-bond acceptors (Lipinski definition) is 3. The first-order chi connectivity index (χ1) is 6.04. The van der Waals surface area contributed by atoms with E-state index in [0.717, 1.165) is 25.7 Å². The smallest absolute Gasteiger partial charge is 0.0789 e. The topological polar surface area (TPSA) is 49.4 Å². The molecular formula is C9H17O3S-. The number of hydrogen-bond donors (Lipinski definition) is 0. The maximum atomic E-state index is 10.7. The molecule has 0 spiro atoms. The second-order valence-electron chi connectivity index (χ2n) is 4.00. The minimum Gasteiger partial charge on any atom is -0.772 e. The predicted molar refractivity (Wildman–Crippen MR) is 51.2 cm³/mol. The van der Waals surface area contributed by atoms with Crippen LogP contribution in [0.15, 0.2) is 0 Å². The van der Waals surface area contributed by atoms with E-state index in [1.165, 1.54) is 0 Å². The van der Waals surface area contributed by atoms with Gasteiger partial charge in [0.15, 0.2) is 0 Å². The van der Waals surface area contributed by atoms with Crippen LogP contribution in [0.25, 0.3) is 0 Å². The van der Waals surface area contributed by atoms with Crippen molar-refractivity contribution in [2.75, 3.05) is 5.75 Å². The van der Waals surface area contributed by atoms with Gasteiger partial charge < -0.3 is 9.29 Å². The zero-order valence-electron chi connectivity index (χ0n) is 8.25. The van der Waals surface area contributed by atoms with Crippen molar-refractivity contribution in [3.8, 4) is 0 Å². The molecule has 1 rings (SSSR count). The molecule has 1 fully saturated rings. The molecule has 1 unspecified atom stereocenters. The largest absolute Gasteiger partial charge is 0.772 e. The van der Waals surface area contributed by atoms with Crippen molar-refractivity contribution in [2.24, 2.45) is 0 Å². The van der Waals surface area contributed by atoms with Crippen LogP contribution in [-0.4, -0.2) is 26.2 Å². The lowest BCUT2D eigenvalue weighted by molar-refractivity contribution is -0.0605. The van der Waals surface area contributed by atoms with Crippen molar-refractivity contribution in [1.82, 2.24) is 0 Å². The highest BCUT2D eigenvalue weighted by Gasteiger charge is 2.35. The molecule has 0 N–H and O–H groups in total. The molecule has 0 aromatic carbocycles. The van der Waals surface area contributed by atoms with Gasteiger partial charge in [0.05, 0.1) is 11.7 Å². The summed E-state index contributed by atoms with van der Waals surface area (Å²) < 4.78 is 27.0. The lowest BCUT2D eigenvalue weighted by Gasteiger charge is -2.32. The molecular weight excluding hydrogens is 188 g/mol. The molecule has 4 heteroatoms. The Kier molecular flexibility index (Phi) is 3.88. The Labute approximate surface area is 82.1 Å². The fourth-order valence-electron chi connectivity index (χ4n) is 2.03. The van der Waals surface area contributed by atoms with Crippen LogP contribution in [0.5, 0.6) is 0 Å². The van der Waals surface area contributed by atoms with Gasteiger partial charge in [0.2, 0.25) is 0 Å². The van der Waals surface area contributed by atoms with Gasteiger partial charge in [-0.15, -0.1) is 0 Å². The molecule has 0 aromatic rings. The highest BCUT2D eigenvalue weighted by molar-refractivity contribution is 7.79. The van der Waals surface area contributed by atoms with Crippen LogP contribution in [0.3, 0.4) is 0 Å². The molecule has 1 aliphatic rings. The van der Waals surface area contributed by atoms with Crippen LogP contribution in [0.1, 0.15) is 39.5 Å². The minimum absolute atomic E-state index is 0.113. The molecule has 0 amide bonds. The third-order valence-corrected chi connectivity index (χ3v) is 3.14. The fraction of sp³-hybridized carbons (Fsp3) is 1.00. The van der Waals surface area contributed by atoms with Crippen molar-refractivity contribution < 1.29 is 13.5 Å². The van der Waals surface area contributed by atoms with Crippen LogP contribution >= 0.6 is 0 Å². The molecule has 1 aliphatic carbocycles. The SMILES string of the molecule is CC(C)OC1(CS(=O)[O-])CCCC1. The van der Waals surface area contributed by atoms with Gasteiger partial charge in [0.25, 0.3) is 0 Å². The summed E-state index contributed by atoms with van der Waals surface area (Å²) >= 11 is -1.99. The van der Waals surface area contributed by atoms with Crippen LogP contribution in [0, 0.1) is 0 Å². The molecule has 0 radical (unpaired) electrons. The lowest BCUT2D eigenvalue weighted by Crippen LogP contribution is -2.37. The quantitative estimate of drug-likeness (QED) is 0.655. The summed E-state index contributed by atoms with van der Waals surface area (Å²) in [4.78, 5) is 0. The van der Waals surface area contributed by atoms with E-state index in [4.69, 9.17) is 4.74 Å². The molecule has 0 aliphatic heterocycles. The standard InChI is InChI=1S/C9H18O3S/c1-8(2)12-9(7-13(10)11)5-3-4-6-9/h8H,3-7H2,1-2H3,(H,10,11)/p-1. The van der Waals surface area contributed by atoms with Gasteiger partial charge in [-0.05, 0) is 26.7 Å². The zero-order chi connectivity index (χ0) is 9.90. The highest BCUT2D eigenvalue weighted by Crippen LogP contribution is 2.34. The molecule has 1 atom stereocenters. The maximum Gasteiger partial charge on any atom is 0.0789 e. The Bertz CT molecular complexity index is 185. The van der Waals surface area contributed by atoms with Gasteiger partial charge >= 0.3 is 0 Å². The first kappa shape index (κ1) is 11.1. The first-order valence-electron chi connectivity index (χ1n) is 4.78. The van der Waals surface area contributed by atoms with Crippen molar-refractivity contribution >= 4 is 11.1 Å². The van der Waals surface area contributed by atoms with E-state index in [-0.39, 0.29) is 17.5 Å². The Morgan fingerprint density at radius 3 is 2.38 bits per heavy atom. The summed E-state index contributed by atoms with van der Waals surface area (Å²) in [5.74, 6) is 0.158. The van der Waals surface area contributed by atoms with Crippen LogP contribution in [0.2, 0.25) is 0 Å². The Morgan fingerprint density at radius 2 is 2.00 bits per heavy atom. The molecule has 1 saturated carbocycles. The molecule has 0 heterocycles. The van der Waals surface area contributed by atoms with Gasteiger partial charge in [0.1, 0.15) is 0 Å². The van der Waals surface area contributed by atoms with Crippen molar-refractivity contribution in [3.05, 3.63) is 0 Å². The van der Waals surface area contributed by atoms with E-state index in [1.54, 1.807) is 0 Å². The fourth-order valence-corrected chi connectivity index (χ4v) is 2.82. The van der Waals surface area contributed by atoms with Crippen LogP contribution in [-0.2, 0) is 15.8 Å². The molecule has 0 bridgehead atoms. The first-order valence-corrected chi connectivity index (χ1v) is 6.02. The summed E-state index contributed by atoms with van der Waals surface area (Å²) in [6, 6.07) is 0. The Hall–Kier alpha value is 0.0700. The van der Waals surface area contributed by atoms with Crippen LogP contribution in [0.4, 0.5) is 0 Å². The second-order valence-corrected chi connectivity index (χ2v) is 4.90. The van der Waals surface area contributed by atoms with E-state index < -0.39 is 11.1 Å². The molecule has 3 nitrogen and oxygen atoms in total.